The van der Waals surface area contributed by atoms with Crippen molar-refractivity contribution in [2.45, 2.75) is 6.61 Å². The highest BCUT2D eigenvalue weighted by atomic mass is 16.5. The Bertz CT molecular complexity index is 1460. The average Bonchev–Trinajstić information content (AvgIpc) is 2.93. The summed E-state index contributed by atoms with van der Waals surface area (Å²) in [6.45, 7) is 0.250. The molecule has 0 amide bonds. The molecule has 1 aromatic heterocycles. The van der Waals surface area contributed by atoms with Crippen molar-refractivity contribution in [3.05, 3.63) is 132 Å². The molecule has 35 heavy (non-hydrogen) atoms. The van der Waals surface area contributed by atoms with Gasteiger partial charge in [0, 0.05) is 11.1 Å². The molecular formula is C31H22N2O2. The average molecular weight is 455 g/mol. The van der Waals surface area contributed by atoms with Crippen LogP contribution in [0.2, 0.25) is 0 Å². The van der Waals surface area contributed by atoms with Gasteiger partial charge in [-0.2, -0.15) is 5.26 Å². The van der Waals surface area contributed by atoms with Gasteiger partial charge in [0.25, 0.3) is 0 Å². The molecule has 4 heteroatoms. The molecule has 0 aliphatic carbocycles. The van der Waals surface area contributed by atoms with E-state index >= 15 is 0 Å². The van der Waals surface area contributed by atoms with Crippen molar-refractivity contribution in [2.75, 3.05) is 0 Å². The molecule has 0 saturated heterocycles. The van der Waals surface area contributed by atoms with Gasteiger partial charge >= 0.3 is 0 Å². The number of aromatic nitrogens is 1. The van der Waals surface area contributed by atoms with E-state index in [-0.39, 0.29) is 6.61 Å². The summed E-state index contributed by atoms with van der Waals surface area (Å²) < 4.78 is 12.1. The Morgan fingerprint density at radius 1 is 0.657 bits per heavy atom. The van der Waals surface area contributed by atoms with Gasteiger partial charge in [0.05, 0.1) is 5.69 Å². The molecule has 0 saturated carbocycles. The lowest BCUT2D eigenvalue weighted by Crippen LogP contribution is -2.02. The summed E-state index contributed by atoms with van der Waals surface area (Å²) in [6, 6.07) is 41.3. The molecule has 0 unspecified atom stereocenters. The minimum absolute atomic E-state index is 0.250. The molecule has 168 valence electrons. The lowest BCUT2D eigenvalue weighted by molar-refractivity contribution is 0.293. The van der Waals surface area contributed by atoms with Gasteiger partial charge in [0.2, 0.25) is 5.88 Å². The molecule has 4 nitrogen and oxygen atoms in total. The van der Waals surface area contributed by atoms with Crippen molar-refractivity contribution in [1.29, 1.82) is 5.26 Å². The molecular weight excluding hydrogens is 432 g/mol. The Morgan fingerprint density at radius 2 is 1.29 bits per heavy atom. The van der Waals surface area contributed by atoms with Gasteiger partial charge in [-0.3, -0.25) is 0 Å². The second kappa shape index (κ2) is 10.4. The predicted molar refractivity (Wildman–Crippen MR) is 137 cm³/mol. The van der Waals surface area contributed by atoms with Crippen molar-refractivity contribution in [3.63, 3.8) is 0 Å². The van der Waals surface area contributed by atoms with Gasteiger partial charge in [-0.15, -0.1) is 0 Å². The number of nitrogens with zero attached hydrogens (tertiary/aromatic N) is 2. The van der Waals surface area contributed by atoms with Crippen LogP contribution in [0.5, 0.6) is 17.4 Å². The SMILES string of the molecule is N#Cc1c(-c2ccccc2)cc(-c2ccccc2)nc1OCc1cccc(Oc2ccccc2)c1. The highest BCUT2D eigenvalue weighted by Gasteiger charge is 2.17. The Kier molecular flexibility index (Phi) is 6.50. The third-order valence-corrected chi connectivity index (χ3v) is 5.51. The number of hydrogen-bond acceptors (Lipinski definition) is 4. The highest BCUT2D eigenvalue weighted by molar-refractivity contribution is 5.77. The summed E-state index contributed by atoms with van der Waals surface area (Å²) in [5.74, 6) is 1.79. The number of hydrogen-bond donors (Lipinski definition) is 0. The van der Waals surface area contributed by atoms with Crippen LogP contribution >= 0.6 is 0 Å². The van der Waals surface area contributed by atoms with E-state index < -0.39 is 0 Å². The molecule has 0 aliphatic rings. The Balaban J connectivity index is 1.48. The van der Waals surface area contributed by atoms with Gasteiger partial charge in [0.1, 0.15) is 29.7 Å². The fourth-order valence-electron chi connectivity index (χ4n) is 3.81. The van der Waals surface area contributed by atoms with Crippen LogP contribution in [-0.4, -0.2) is 4.98 Å². The van der Waals surface area contributed by atoms with Crippen LogP contribution in [0, 0.1) is 11.3 Å². The number of benzene rings is 4. The standard InChI is InChI=1S/C31H22N2O2/c32-21-29-28(24-12-4-1-5-13-24)20-30(25-14-6-2-7-15-25)33-31(29)34-22-23-11-10-18-27(19-23)35-26-16-8-3-9-17-26/h1-20H,22H2. The van der Waals surface area contributed by atoms with E-state index in [1.165, 1.54) is 0 Å². The van der Waals surface area contributed by atoms with Crippen LogP contribution in [0.25, 0.3) is 22.4 Å². The van der Waals surface area contributed by atoms with Gasteiger partial charge < -0.3 is 9.47 Å². The first-order chi connectivity index (χ1) is 17.3. The second-order valence-corrected chi connectivity index (χ2v) is 7.93. The molecule has 0 aliphatic heterocycles. The van der Waals surface area contributed by atoms with Crippen LogP contribution < -0.4 is 9.47 Å². The number of pyridine rings is 1. The summed E-state index contributed by atoms with van der Waals surface area (Å²) >= 11 is 0. The lowest BCUT2D eigenvalue weighted by Gasteiger charge is -2.14. The van der Waals surface area contributed by atoms with Crippen LogP contribution in [0.15, 0.2) is 121 Å². The molecule has 5 aromatic rings. The van der Waals surface area contributed by atoms with Crippen molar-refractivity contribution in [1.82, 2.24) is 4.98 Å². The molecule has 0 radical (unpaired) electrons. The van der Waals surface area contributed by atoms with E-state index in [1.54, 1.807) is 0 Å². The lowest BCUT2D eigenvalue weighted by atomic mass is 9.99. The summed E-state index contributed by atoms with van der Waals surface area (Å²) in [4.78, 5) is 4.73. The topological polar surface area (TPSA) is 55.1 Å². The molecule has 0 N–H and O–H groups in total. The van der Waals surface area contributed by atoms with Crippen molar-refractivity contribution < 1.29 is 9.47 Å². The molecule has 5 rings (SSSR count). The van der Waals surface area contributed by atoms with Crippen LogP contribution in [0.3, 0.4) is 0 Å². The Hall–Kier alpha value is -4.88. The maximum absolute atomic E-state index is 10.0. The zero-order valence-corrected chi connectivity index (χ0v) is 19.0. The molecule has 1 heterocycles. The van der Waals surface area contributed by atoms with Crippen LogP contribution in [0.1, 0.15) is 11.1 Å². The summed E-state index contributed by atoms with van der Waals surface area (Å²) in [6.07, 6.45) is 0. The van der Waals surface area contributed by atoms with Crippen LogP contribution in [0.4, 0.5) is 0 Å². The van der Waals surface area contributed by atoms with Crippen molar-refractivity contribution >= 4 is 0 Å². The van der Waals surface area contributed by atoms with E-state index in [1.807, 2.05) is 121 Å². The van der Waals surface area contributed by atoms with E-state index in [4.69, 9.17) is 14.5 Å². The molecule has 4 aromatic carbocycles. The van der Waals surface area contributed by atoms with Crippen molar-refractivity contribution in [3.8, 4) is 45.8 Å². The molecule has 0 spiro atoms. The van der Waals surface area contributed by atoms with Gasteiger partial charge in [-0.1, -0.05) is 91.0 Å². The van der Waals surface area contributed by atoms with Gasteiger partial charge in [-0.05, 0) is 41.5 Å². The maximum atomic E-state index is 10.0. The molecule has 0 fully saturated rings. The van der Waals surface area contributed by atoms with Crippen molar-refractivity contribution in [2.24, 2.45) is 0 Å². The Morgan fingerprint density at radius 3 is 1.97 bits per heavy atom. The van der Waals surface area contributed by atoms with E-state index in [9.17, 15) is 5.26 Å². The minimum atomic E-state index is 0.250. The third kappa shape index (κ3) is 5.21. The zero-order chi connectivity index (χ0) is 23.9. The smallest absolute Gasteiger partial charge is 0.233 e. The fraction of sp³-hybridized carbons (Fsp3) is 0.0323. The summed E-state index contributed by atoms with van der Waals surface area (Å²) in [5.41, 5.74) is 4.75. The van der Waals surface area contributed by atoms with Crippen LogP contribution in [-0.2, 0) is 6.61 Å². The maximum Gasteiger partial charge on any atom is 0.233 e. The summed E-state index contributed by atoms with van der Waals surface area (Å²) in [5, 5.41) is 10.0. The van der Waals surface area contributed by atoms with E-state index in [0.29, 0.717) is 17.2 Å². The number of ether oxygens (including phenoxy) is 2. The molecule has 0 bridgehead atoms. The van der Waals surface area contributed by atoms with E-state index in [0.717, 1.165) is 33.7 Å². The molecule has 0 atom stereocenters. The fourth-order valence-corrected chi connectivity index (χ4v) is 3.81. The first kappa shape index (κ1) is 21.9. The summed E-state index contributed by atoms with van der Waals surface area (Å²) in [7, 11) is 0. The van der Waals surface area contributed by atoms with E-state index in [2.05, 4.69) is 6.07 Å². The van der Waals surface area contributed by atoms with Gasteiger partial charge in [0.15, 0.2) is 0 Å². The quantitative estimate of drug-likeness (QED) is 0.253. The van der Waals surface area contributed by atoms with Gasteiger partial charge in [-0.25, -0.2) is 4.98 Å². The Labute approximate surface area is 204 Å². The largest absolute Gasteiger partial charge is 0.472 e. The normalized spacial score (nSPS) is 10.4. The highest BCUT2D eigenvalue weighted by Crippen LogP contribution is 2.34. The third-order valence-electron chi connectivity index (χ3n) is 5.51. The zero-order valence-electron chi connectivity index (χ0n) is 19.0. The first-order valence-corrected chi connectivity index (χ1v) is 11.3. The second-order valence-electron chi connectivity index (χ2n) is 7.93. The number of nitriles is 1. The number of rotatable bonds is 7. The number of para-hydroxylation sites is 1. The predicted octanol–water partition coefficient (Wildman–Crippen LogP) is 7.66. The minimum Gasteiger partial charge on any atom is -0.472 e. The first-order valence-electron chi connectivity index (χ1n) is 11.3. The monoisotopic (exact) mass is 454 g/mol.